The first-order valence-corrected chi connectivity index (χ1v) is 10.9. The first kappa shape index (κ1) is 17.4. The summed E-state index contributed by atoms with van der Waals surface area (Å²) in [6.45, 7) is 1.61. The van der Waals surface area contributed by atoms with Crippen LogP contribution in [0.25, 0.3) is 20.9 Å². The van der Waals surface area contributed by atoms with E-state index in [4.69, 9.17) is 4.98 Å². The second-order valence-corrected chi connectivity index (χ2v) is 8.81. The number of hydrogen-bond acceptors (Lipinski definition) is 7. The summed E-state index contributed by atoms with van der Waals surface area (Å²) < 4.78 is 1.23. The van der Waals surface area contributed by atoms with Crippen LogP contribution in [-0.2, 0) is 11.3 Å². The number of thiophene rings is 1. The van der Waals surface area contributed by atoms with Gasteiger partial charge in [0.25, 0.3) is 0 Å². The van der Waals surface area contributed by atoms with Gasteiger partial charge in [-0.15, -0.1) is 32.9 Å². The fraction of sp³-hybridized carbons (Fsp3) is 0.316. The van der Waals surface area contributed by atoms with E-state index in [1.54, 1.807) is 22.7 Å². The van der Waals surface area contributed by atoms with Crippen molar-refractivity contribution in [3.05, 3.63) is 46.8 Å². The number of fused-ring (bicyclic) bond motifs is 1. The van der Waals surface area contributed by atoms with Gasteiger partial charge in [-0.05, 0) is 41.6 Å². The van der Waals surface area contributed by atoms with E-state index in [-0.39, 0.29) is 12.5 Å². The first-order chi connectivity index (χ1) is 13.8. The summed E-state index contributed by atoms with van der Waals surface area (Å²) in [4.78, 5) is 21.7. The van der Waals surface area contributed by atoms with Gasteiger partial charge in [-0.3, -0.25) is 4.79 Å². The SMILES string of the molecule is O=C(Cn1nnc(-c2cccs2)n1)N1CCC(c2nc3ccccc3s2)CC1. The lowest BCUT2D eigenvalue weighted by atomic mass is 9.97. The third kappa shape index (κ3) is 3.43. The van der Waals surface area contributed by atoms with Crippen LogP contribution >= 0.6 is 22.7 Å². The maximum Gasteiger partial charge on any atom is 0.246 e. The number of hydrogen-bond donors (Lipinski definition) is 0. The van der Waals surface area contributed by atoms with Crippen molar-refractivity contribution in [2.45, 2.75) is 25.3 Å². The number of nitrogens with zero attached hydrogens (tertiary/aromatic N) is 6. The van der Waals surface area contributed by atoms with E-state index in [0.29, 0.717) is 11.7 Å². The van der Waals surface area contributed by atoms with E-state index < -0.39 is 0 Å². The lowest BCUT2D eigenvalue weighted by Crippen LogP contribution is -2.40. The highest BCUT2D eigenvalue weighted by Gasteiger charge is 2.26. The van der Waals surface area contributed by atoms with Gasteiger partial charge < -0.3 is 4.90 Å². The summed E-state index contributed by atoms with van der Waals surface area (Å²) in [7, 11) is 0. The monoisotopic (exact) mass is 410 g/mol. The molecule has 5 rings (SSSR count). The second kappa shape index (κ2) is 7.40. The average Bonchev–Trinajstić information content (AvgIpc) is 3.47. The lowest BCUT2D eigenvalue weighted by molar-refractivity contribution is -0.133. The zero-order chi connectivity index (χ0) is 18.9. The Bertz CT molecular complexity index is 1060. The normalized spacial score (nSPS) is 15.4. The number of tetrazole rings is 1. The van der Waals surface area contributed by atoms with E-state index >= 15 is 0 Å². The minimum absolute atomic E-state index is 0.0397. The predicted molar refractivity (Wildman–Crippen MR) is 109 cm³/mol. The Morgan fingerprint density at radius 2 is 2.00 bits per heavy atom. The molecule has 1 fully saturated rings. The van der Waals surface area contributed by atoms with Crippen LogP contribution in [-0.4, -0.2) is 49.1 Å². The largest absolute Gasteiger partial charge is 0.341 e. The molecule has 1 amide bonds. The molecule has 0 bridgehead atoms. The Hall–Kier alpha value is -2.65. The van der Waals surface area contributed by atoms with Gasteiger partial charge in [0, 0.05) is 19.0 Å². The molecule has 0 aliphatic carbocycles. The Morgan fingerprint density at radius 3 is 2.79 bits per heavy atom. The van der Waals surface area contributed by atoms with Crippen LogP contribution in [0.4, 0.5) is 0 Å². The molecule has 0 saturated carbocycles. The third-order valence-corrected chi connectivity index (χ3v) is 7.04. The van der Waals surface area contributed by atoms with Crippen molar-refractivity contribution in [3.63, 3.8) is 0 Å². The maximum absolute atomic E-state index is 12.6. The number of piperidine rings is 1. The van der Waals surface area contributed by atoms with Crippen LogP contribution in [0.2, 0.25) is 0 Å². The highest BCUT2D eigenvalue weighted by Crippen LogP contribution is 2.33. The number of rotatable bonds is 4. The number of likely N-dealkylation sites (tertiary alicyclic amines) is 1. The molecule has 1 saturated heterocycles. The van der Waals surface area contributed by atoms with E-state index in [0.717, 1.165) is 36.3 Å². The quantitative estimate of drug-likeness (QED) is 0.515. The fourth-order valence-electron chi connectivity index (χ4n) is 3.48. The van der Waals surface area contributed by atoms with Crippen molar-refractivity contribution in [3.8, 4) is 10.7 Å². The standard InChI is InChI=1S/C19H18N6OS2/c26-17(12-25-22-18(21-23-25)16-6-3-11-27-16)24-9-7-13(8-10-24)19-20-14-4-1-2-5-15(14)28-19/h1-6,11,13H,7-10,12H2. The van der Waals surface area contributed by atoms with Gasteiger partial charge in [0.05, 0.1) is 20.1 Å². The van der Waals surface area contributed by atoms with Crippen molar-refractivity contribution in [2.24, 2.45) is 0 Å². The summed E-state index contributed by atoms with van der Waals surface area (Å²) in [6, 6.07) is 12.1. The molecule has 4 heterocycles. The minimum atomic E-state index is 0.0397. The molecular weight excluding hydrogens is 392 g/mol. The predicted octanol–water partition coefficient (Wildman–Crippen LogP) is 3.42. The van der Waals surface area contributed by atoms with Gasteiger partial charge in [0.15, 0.2) is 0 Å². The van der Waals surface area contributed by atoms with Crippen molar-refractivity contribution in [1.82, 2.24) is 30.1 Å². The first-order valence-electron chi connectivity index (χ1n) is 9.21. The molecule has 0 radical (unpaired) electrons. The van der Waals surface area contributed by atoms with Crippen LogP contribution in [0, 0.1) is 0 Å². The molecule has 3 aromatic heterocycles. The summed E-state index contributed by atoms with van der Waals surface area (Å²) in [5, 5.41) is 15.5. The molecule has 1 aliphatic rings. The molecule has 0 N–H and O–H groups in total. The van der Waals surface area contributed by atoms with Gasteiger partial charge in [-0.25, -0.2) is 4.98 Å². The number of para-hydroxylation sites is 1. The maximum atomic E-state index is 12.6. The zero-order valence-corrected chi connectivity index (χ0v) is 16.7. The van der Waals surface area contributed by atoms with Crippen molar-refractivity contribution in [2.75, 3.05) is 13.1 Å². The Balaban J connectivity index is 1.20. The van der Waals surface area contributed by atoms with Crippen LogP contribution in [0.3, 0.4) is 0 Å². The van der Waals surface area contributed by atoms with Crippen LogP contribution in [0.15, 0.2) is 41.8 Å². The van der Waals surface area contributed by atoms with E-state index in [1.807, 2.05) is 34.5 Å². The molecule has 0 atom stereocenters. The Kier molecular flexibility index (Phi) is 4.61. The van der Waals surface area contributed by atoms with Gasteiger partial charge in [0.2, 0.25) is 11.7 Å². The van der Waals surface area contributed by atoms with Crippen molar-refractivity contribution in [1.29, 1.82) is 0 Å². The molecule has 7 nitrogen and oxygen atoms in total. The minimum Gasteiger partial charge on any atom is -0.341 e. The number of aromatic nitrogens is 5. The van der Waals surface area contributed by atoms with Gasteiger partial charge >= 0.3 is 0 Å². The molecule has 1 aromatic carbocycles. The second-order valence-electron chi connectivity index (χ2n) is 6.80. The number of thiazole rings is 1. The molecule has 4 aromatic rings. The Morgan fingerprint density at radius 1 is 1.14 bits per heavy atom. The number of amides is 1. The molecular formula is C19H18N6OS2. The molecule has 28 heavy (non-hydrogen) atoms. The van der Waals surface area contributed by atoms with E-state index in [9.17, 15) is 4.79 Å². The molecule has 0 spiro atoms. The zero-order valence-electron chi connectivity index (χ0n) is 15.1. The number of carbonyl (C=O) groups excluding carboxylic acids is 1. The number of carbonyl (C=O) groups is 1. The molecule has 9 heteroatoms. The summed E-state index contributed by atoms with van der Waals surface area (Å²) >= 11 is 3.33. The summed E-state index contributed by atoms with van der Waals surface area (Å²) in [5.74, 6) is 1.03. The van der Waals surface area contributed by atoms with Gasteiger partial charge in [-0.1, -0.05) is 18.2 Å². The molecule has 142 valence electrons. The third-order valence-electron chi connectivity index (χ3n) is 4.98. The van der Waals surface area contributed by atoms with Crippen molar-refractivity contribution < 1.29 is 4.79 Å². The van der Waals surface area contributed by atoms with Gasteiger partial charge in [0.1, 0.15) is 6.54 Å². The molecule has 0 unspecified atom stereocenters. The van der Waals surface area contributed by atoms with Crippen LogP contribution < -0.4 is 0 Å². The average molecular weight is 411 g/mol. The smallest absolute Gasteiger partial charge is 0.246 e. The fourth-order valence-corrected chi connectivity index (χ4v) is 5.26. The Labute approximate surface area is 169 Å². The topological polar surface area (TPSA) is 76.8 Å². The van der Waals surface area contributed by atoms with Crippen LogP contribution in [0.1, 0.15) is 23.8 Å². The highest BCUT2D eigenvalue weighted by atomic mass is 32.1. The van der Waals surface area contributed by atoms with Gasteiger partial charge in [-0.2, -0.15) is 4.80 Å². The van der Waals surface area contributed by atoms with E-state index in [2.05, 4.69) is 27.5 Å². The summed E-state index contributed by atoms with van der Waals surface area (Å²) in [6.07, 6.45) is 1.88. The highest BCUT2D eigenvalue weighted by molar-refractivity contribution is 7.18. The lowest BCUT2D eigenvalue weighted by Gasteiger charge is -2.30. The number of benzene rings is 1. The van der Waals surface area contributed by atoms with Crippen LogP contribution in [0.5, 0.6) is 0 Å². The van der Waals surface area contributed by atoms with Crippen molar-refractivity contribution >= 4 is 38.8 Å². The molecule has 1 aliphatic heterocycles. The summed E-state index contributed by atoms with van der Waals surface area (Å²) in [5.41, 5.74) is 1.07. The van der Waals surface area contributed by atoms with E-state index in [1.165, 1.54) is 14.5 Å².